The van der Waals surface area contributed by atoms with Gasteiger partial charge in [0.15, 0.2) is 5.76 Å². The van der Waals surface area contributed by atoms with Crippen molar-refractivity contribution in [3.05, 3.63) is 41.5 Å². The Morgan fingerprint density at radius 2 is 2.08 bits per heavy atom. The summed E-state index contributed by atoms with van der Waals surface area (Å²) in [5.74, 6) is 0.0255. The molecule has 0 spiro atoms. The first-order valence-electron chi connectivity index (χ1n) is 7.98. The van der Waals surface area contributed by atoms with E-state index in [1.54, 1.807) is 19.3 Å². The lowest BCUT2D eigenvalue weighted by Gasteiger charge is -2.07. The van der Waals surface area contributed by atoms with Crippen molar-refractivity contribution < 1.29 is 17.7 Å². The summed E-state index contributed by atoms with van der Waals surface area (Å²) in [4.78, 5) is 15.8. The van der Waals surface area contributed by atoms with Gasteiger partial charge in [0.1, 0.15) is 10.6 Å². The van der Waals surface area contributed by atoms with Crippen molar-refractivity contribution in [2.45, 2.75) is 38.0 Å². The van der Waals surface area contributed by atoms with Crippen LogP contribution >= 0.6 is 0 Å². The van der Waals surface area contributed by atoms with Gasteiger partial charge in [-0.2, -0.15) is 0 Å². The third-order valence-corrected chi connectivity index (χ3v) is 5.27. The van der Waals surface area contributed by atoms with Crippen molar-refractivity contribution in [1.82, 2.24) is 20.2 Å². The predicted octanol–water partition coefficient (Wildman–Crippen LogP) is 1.10. The van der Waals surface area contributed by atoms with Crippen LogP contribution in [0.5, 0.6) is 0 Å². The lowest BCUT2D eigenvalue weighted by molar-refractivity contribution is -0.120. The van der Waals surface area contributed by atoms with E-state index in [4.69, 9.17) is 4.52 Å². The number of sulfonamides is 1. The number of aromatic nitrogens is 2. The first-order valence-corrected chi connectivity index (χ1v) is 9.46. The summed E-state index contributed by atoms with van der Waals surface area (Å²) < 4.78 is 31.6. The third kappa shape index (κ3) is 5.64. The van der Waals surface area contributed by atoms with E-state index < -0.39 is 10.0 Å². The summed E-state index contributed by atoms with van der Waals surface area (Å²) in [5, 5.41) is 6.39. The number of hydrogen-bond donors (Lipinski definition) is 2. The maximum atomic E-state index is 12.2. The summed E-state index contributed by atoms with van der Waals surface area (Å²) in [7, 11) is -3.73. The minimum atomic E-state index is -3.73. The quantitative estimate of drug-likeness (QED) is 0.643. The Hall–Kier alpha value is -2.26. The number of carbonyl (C=O) groups excluding carboxylic acids is 1. The average molecular weight is 366 g/mol. The van der Waals surface area contributed by atoms with Crippen molar-refractivity contribution in [3.63, 3.8) is 0 Å². The summed E-state index contributed by atoms with van der Waals surface area (Å²) in [6.45, 7) is 3.63. The zero-order valence-corrected chi connectivity index (χ0v) is 15.1. The molecular formula is C16H22N4O4S. The monoisotopic (exact) mass is 366 g/mol. The summed E-state index contributed by atoms with van der Waals surface area (Å²) in [6, 6.07) is 3.86. The highest BCUT2D eigenvalue weighted by molar-refractivity contribution is 7.89. The number of hydrogen-bond acceptors (Lipinski definition) is 6. The summed E-state index contributed by atoms with van der Waals surface area (Å²) in [5.41, 5.74) is 1.41. The molecular weight excluding hydrogens is 344 g/mol. The Bertz CT molecular complexity index is 783. The highest BCUT2D eigenvalue weighted by Crippen LogP contribution is 2.18. The van der Waals surface area contributed by atoms with Gasteiger partial charge < -0.3 is 9.84 Å². The smallest absolute Gasteiger partial charge is 0.245 e. The van der Waals surface area contributed by atoms with Gasteiger partial charge in [-0.05, 0) is 38.3 Å². The fourth-order valence-corrected chi connectivity index (χ4v) is 3.74. The Morgan fingerprint density at radius 3 is 2.72 bits per heavy atom. The van der Waals surface area contributed by atoms with Crippen molar-refractivity contribution in [2.75, 3.05) is 13.1 Å². The molecule has 2 aromatic heterocycles. The van der Waals surface area contributed by atoms with Crippen LogP contribution in [0.1, 0.15) is 29.9 Å². The fraction of sp³-hybridized carbons (Fsp3) is 0.438. The first kappa shape index (κ1) is 19.1. The number of nitrogens with one attached hydrogen (secondary N) is 2. The van der Waals surface area contributed by atoms with Gasteiger partial charge in [-0.3, -0.25) is 9.78 Å². The molecule has 8 nitrogen and oxygen atoms in total. The average Bonchev–Trinajstić information content (AvgIpc) is 2.92. The van der Waals surface area contributed by atoms with Crippen LogP contribution in [0, 0.1) is 13.8 Å². The highest BCUT2D eigenvalue weighted by atomic mass is 32.2. The molecule has 9 heteroatoms. The molecule has 0 saturated heterocycles. The molecule has 2 heterocycles. The van der Waals surface area contributed by atoms with E-state index in [0.29, 0.717) is 12.2 Å². The maximum absolute atomic E-state index is 12.2. The van der Waals surface area contributed by atoms with E-state index in [0.717, 1.165) is 18.4 Å². The van der Waals surface area contributed by atoms with E-state index in [1.807, 2.05) is 12.1 Å². The van der Waals surface area contributed by atoms with Crippen LogP contribution in [0.25, 0.3) is 0 Å². The van der Waals surface area contributed by atoms with Gasteiger partial charge in [-0.1, -0.05) is 11.2 Å². The van der Waals surface area contributed by atoms with E-state index >= 15 is 0 Å². The van der Waals surface area contributed by atoms with E-state index in [9.17, 15) is 13.2 Å². The van der Waals surface area contributed by atoms with Crippen molar-refractivity contribution in [3.8, 4) is 0 Å². The molecule has 0 aromatic carbocycles. The van der Waals surface area contributed by atoms with Gasteiger partial charge in [0.05, 0.1) is 0 Å². The van der Waals surface area contributed by atoms with Crippen LogP contribution in [-0.4, -0.2) is 37.6 Å². The molecule has 2 rings (SSSR count). The predicted molar refractivity (Wildman–Crippen MR) is 91.4 cm³/mol. The topological polar surface area (TPSA) is 114 Å². The van der Waals surface area contributed by atoms with Gasteiger partial charge in [0.25, 0.3) is 0 Å². The molecule has 25 heavy (non-hydrogen) atoms. The van der Waals surface area contributed by atoms with Crippen molar-refractivity contribution in [2.24, 2.45) is 0 Å². The molecule has 0 radical (unpaired) electrons. The Kier molecular flexibility index (Phi) is 6.65. The Labute approximate surface area is 147 Å². The lowest BCUT2D eigenvalue weighted by Crippen LogP contribution is -2.31. The number of aryl methyl sites for hydroxylation is 3. The standard InChI is InChI=1S/C16H22N4O4S/c1-12-16(13(2)24-20-12)25(22,23)19-10-7-15(21)18-9-4-6-14-5-3-8-17-11-14/h3,5,8,11,19H,4,6-7,9-10H2,1-2H3,(H,18,21). The summed E-state index contributed by atoms with van der Waals surface area (Å²) >= 11 is 0. The molecule has 0 atom stereocenters. The summed E-state index contributed by atoms with van der Waals surface area (Å²) in [6.07, 6.45) is 5.20. The number of rotatable bonds is 9. The molecule has 0 aliphatic heterocycles. The minimum absolute atomic E-state index is 0.0147. The molecule has 136 valence electrons. The Balaban J connectivity index is 1.68. The van der Waals surface area contributed by atoms with E-state index in [2.05, 4.69) is 20.2 Å². The van der Waals surface area contributed by atoms with Gasteiger partial charge >= 0.3 is 0 Å². The minimum Gasteiger partial charge on any atom is -0.360 e. The molecule has 0 unspecified atom stereocenters. The molecule has 0 saturated carbocycles. The SMILES string of the molecule is Cc1noc(C)c1S(=O)(=O)NCCC(=O)NCCCc1cccnc1. The van der Waals surface area contributed by atoms with Crippen LogP contribution in [-0.2, 0) is 21.2 Å². The lowest BCUT2D eigenvalue weighted by atomic mass is 10.1. The molecule has 2 N–H and O–H groups in total. The Morgan fingerprint density at radius 1 is 1.28 bits per heavy atom. The van der Waals surface area contributed by atoms with Crippen molar-refractivity contribution in [1.29, 1.82) is 0 Å². The molecule has 2 aromatic rings. The van der Waals surface area contributed by atoms with Crippen LogP contribution < -0.4 is 10.0 Å². The zero-order valence-electron chi connectivity index (χ0n) is 14.3. The number of carbonyl (C=O) groups is 1. The van der Waals surface area contributed by atoms with Gasteiger partial charge in [0, 0.05) is 31.9 Å². The first-order chi connectivity index (χ1) is 11.9. The van der Waals surface area contributed by atoms with Crippen LogP contribution in [0.2, 0.25) is 0 Å². The molecule has 0 aliphatic carbocycles. The molecule has 1 amide bonds. The molecule has 0 bridgehead atoms. The normalized spacial score (nSPS) is 11.4. The number of amides is 1. The van der Waals surface area contributed by atoms with Crippen LogP contribution in [0.4, 0.5) is 0 Å². The second-order valence-corrected chi connectivity index (χ2v) is 7.32. The fourth-order valence-electron chi connectivity index (χ4n) is 2.38. The van der Waals surface area contributed by atoms with E-state index in [-0.39, 0.29) is 29.5 Å². The van der Waals surface area contributed by atoms with Gasteiger partial charge in [-0.25, -0.2) is 13.1 Å². The zero-order chi connectivity index (χ0) is 18.3. The van der Waals surface area contributed by atoms with Crippen LogP contribution in [0.3, 0.4) is 0 Å². The largest absolute Gasteiger partial charge is 0.360 e. The molecule has 0 aliphatic rings. The van der Waals surface area contributed by atoms with Gasteiger partial charge in [0.2, 0.25) is 15.9 Å². The van der Waals surface area contributed by atoms with Crippen molar-refractivity contribution >= 4 is 15.9 Å². The van der Waals surface area contributed by atoms with Crippen LogP contribution in [0.15, 0.2) is 33.9 Å². The van der Waals surface area contributed by atoms with Gasteiger partial charge in [-0.15, -0.1) is 0 Å². The number of nitrogens with zero attached hydrogens (tertiary/aromatic N) is 2. The molecule has 0 fully saturated rings. The second kappa shape index (κ2) is 8.72. The van der Waals surface area contributed by atoms with E-state index in [1.165, 1.54) is 6.92 Å². The number of pyridine rings is 1. The second-order valence-electron chi connectivity index (χ2n) is 5.62. The highest BCUT2D eigenvalue weighted by Gasteiger charge is 2.23. The maximum Gasteiger partial charge on any atom is 0.245 e. The third-order valence-electron chi connectivity index (χ3n) is 3.57.